The molecule has 154 valence electrons. The lowest BCUT2D eigenvalue weighted by Crippen LogP contribution is -2.52. The van der Waals surface area contributed by atoms with Crippen LogP contribution in [0.25, 0.3) is 0 Å². The Bertz CT molecular complexity index is 869. The molecule has 1 N–H and O–H groups in total. The Labute approximate surface area is 175 Å². The highest BCUT2D eigenvalue weighted by molar-refractivity contribution is 6.31. The molecule has 7 nitrogen and oxygen atoms in total. The largest absolute Gasteiger partial charge is 0.497 e. The molecule has 0 radical (unpaired) electrons. The van der Waals surface area contributed by atoms with E-state index in [0.29, 0.717) is 48.2 Å². The summed E-state index contributed by atoms with van der Waals surface area (Å²) < 4.78 is 10.2. The number of benzene rings is 2. The predicted octanol–water partition coefficient (Wildman–Crippen LogP) is 3.41. The van der Waals surface area contributed by atoms with Crippen molar-refractivity contribution in [3.63, 3.8) is 0 Å². The maximum atomic E-state index is 12.6. The standard InChI is InChI=1S/C21H24ClN3O4/c1-28-16-7-5-6-15(14-16)23-21(27)25-12-10-24(11-13-25)19(20(26)29-2)17-8-3-4-9-18(17)22/h3-9,14,19H,10-13H2,1-2H3,(H,23,27)/t19-/m0/s1. The Morgan fingerprint density at radius 1 is 1.03 bits per heavy atom. The van der Waals surface area contributed by atoms with Crippen LogP contribution in [0.1, 0.15) is 11.6 Å². The number of urea groups is 1. The first-order valence-corrected chi connectivity index (χ1v) is 9.67. The molecule has 0 saturated carbocycles. The van der Waals surface area contributed by atoms with Gasteiger partial charge in [0.1, 0.15) is 11.8 Å². The number of nitrogens with one attached hydrogen (secondary N) is 1. The number of esters is 1. The van der Waals surface area contributed by atoms with Gasteiger partial charge in [-0.15, -0.1) is 0 Å². The molecule has 1 atom stereocenters. The zero-order chi connectivity index (χ0) is 20.8. The Hall–Kier alpha value is -2.77. The molecule has 1 saturated heterocycles. The van der Waals surface area contributed by atoms with Crippen molar-refractivity contribution in [3.8, 4) is 5.75 Å². The van der Waals surface area contributed by atoms with E-state index in [-0.39, 0.29) is 12.0 Å². The second kappa shape index (κ2) is 9.62. The predicted molar refractivity (Wildman–Crippen MR) is 111 cm³/mol. The lowest BCUT2D eigenvalue weighted by atomic mass is 10.0. The van der Waals surface area contributed by atoms with Crippen LogP contribution in [0.2, 0.25) is 5.02 Å². The number of carbonyl (C=O) groups excluding carboxylic acids is 2. The molecule has 29 heavy (non-hydrogen) atoms. The summed E-state index contributed by atoms with van der Waals surface area (Å²) in [7, 11) is 2.95. The molecular formula is C21H24ClN3O4. The summed E-state index contributed by atoms with van der Waals surface area (Å²) in [5.41, 5.74) is 1.37. The number of carbonyl (C=O) groups is 2. The Balaban J connectivity index is 1.65. The third-order valence-corrected chi connectivity index (χ3v) is 5.26. The van der Waals surface area contributed by atoms with E-state index in [2.05, 4.69) is 5.32 Å². The highest BCUT2D eigenvalue weighted by Crippen LogP contribution is 2.29. The zero-order valence-electron chi connectivity index (χ0n) is 16.4. The number of piperazine rings is 1. The first-order valence-electron chi connectivity index (χ1n) is 9.29. The molecule has 0 spiro atoms. The average Bonchev–Trinajstić information content (AvgIpc) is 2.75. The van der Waals surface area contributed by atoms with Crippen LogP contribution in [0.5, 0.6) is 5.75 Å². The van der Waals surface area contributed by atoms with Gasteiger partial charge in [-0.1, -0.05) is 35.9 Å². The summed E-state index contributed by atoms with van der Waals surface area (Å²) in [6.45, 7) is 2.01. The molecule has 0 unspecified atom stereocenters. The fourth-order valence-electron chi connectivity index (χ4n) is 3.37. The van der Waals surface area contributed by atoms with Gasteiger partial charge >= 0.3 is 12.0 Å². The molecule has 1 fully saturated rings. The molecule has 3 rings (SSSR count). The molecule has 1 aliphatic heterocycles. The maximum absolute atomic E-state index is 12.6. The molecule has 0 bridgehead atoms. The van der Waals surface area contributed by atoms with Gasteiger partial charge in [-0.25, -0.2) is 9.59 Å². The van der Waals surface area contributed by atoms with E-state index in [4.69, 9.17) is 21.1 Å². The highest BCUT2D eigenvalue weighted by Gasteiger charge is 2.33. The van der Waals surface area contributed by atoms with Gasteiger partial charge in [0.05, 0.1) is 14.2 Å². The van der Waals surface area contributed by atoms with Gasteiger partial charge < -0.3 is 19.7 Å². The van der Waals surface area contributed by atoms with E-state index < -0.39 is 6.04 Å². The minimum absolute atomic E-state index is 0.190. The van der Waals surface area contributed by atoms with Crippen LogP contribution < -0.4 is 10.1 Å². The number of hydrogen-bond donors (Lipinski definition) is 1. The molecule has 0 aromatic heterocycles. The SMILES string of the molecule is COC(=O)[C@H](c1ccccc1Cl)N1CCN(C(=O)Nc2cccc(OC)c2)CC1. The van der Waals surface area contributed by atoms with Gasteiger partial charge in [0.15, 0.2) is 0 Å². The van der Waals surface area contributed by atoms with E-state index in [1.165, 1.54) is 7.11 Å². The molecule has 2 aromatic rings. The highest BCUT2D eigenvalue weighted by atomic mass is 35.5. The van der Waals surface area contributed by atoms with Crippen molar-refractivity contribution in [2.45, 2.75) is 6.04 Å². The average molecular weight is 418 g/mol. The quantitative estimate of drug-likeness (QED) is 0.755. The molecule has 2 aromatic carbocycles. The minimum Gasteiger partial charge on any atom is -0.497 e. The Morgan fingerprint density at radius 2 is 1.76 bits per heavy atom. The van der Waals surface area contributed by atoms with Gasteiger partial charge in [0.2, 0.25) is 0 Å². The maximum Gasteiger partial charge on any atom is 0.327 e. The molecule has 0 aliphatic carbocycles. The molecular weight excluding hydrogens is 394 g/mol. The number of hydrogen-bond acceptors (Lipinski definition) is 5. The van der Waals surface area contributed by atoms with Crippen molar-refractivity contribution in [3.05, 3.63) is 59.1 Å². The monoisotopic (exact) mass is 417 g/mol. The Morgan fingerprint density at radius 3 is 2.41 bits per heavy atom. The normalized spacial score (nSPS) is 15.5. The van der Waals surface area contributed by atoms with Crippen molar-refractivity contribution in [2.24, 2.45) is 0 Å². The lowest BCUT2D eigenvalue weighted by molar-refractivity contribution is -0.148. The molecule has 1 heterocycles. The number of amides is 2. The second-order valence-corrected chi connectivity index (χ2v) is 7.04. The lowest BCUT2D eigenvalue weighted by Gasteiger charge is -2.38. The van der Waals surface area contributed by atoms with Gasteiger partial charge in [0.25, 0.3) is 0 Å². The fraction of sp³-hybridized carbons (Fsp3) is 0.333. The molecule has 1 aliphatic rings. The van der Waals surface area contributed by atoms with Crippen molar-refractivity contribution >= 4 is 29.3 Å². The summed E-state index contributed by atoms with van der Waals surface area (Å²) >= 11 is 6.31. The van der Waals surface area contributed by atoms with E-state index in [0.717, 1.165) is 0 Å². The summed E-state index contributed by atoms with van der Waals surface area (Å²) in [6, 6.07) is 13.7. The number of rotatable bonds is 5. The smallest absolute Gasteiger partial charge is 0.327 e. The number of nitrogens with zero attached hydrogens (tertiary/aromatic N) is 2. The fourth-order valence-corrected chi connectivity index (χ4v) is 3.61. The third kappa shape index (κ3) is 4.99. The number of anilines is 1. The van der Waals surface area contributed by atoms with Crippen LogP contribution in [-0.4, -0.2) is 62.2 Å². The Kier molecular flexibility index (Phi) is 6.95. The van der Waals surface area contributed by atoms with Gasteiger partial charge in [-0.05, 0) is 23.8 Å². The summed E-state index contributed by atoms with van der Waals surface area (Å²) in [6.07, 6.45) is 0. The van der Waals surface area contributed by atoms with Crippen LogP contribution in [0.3, 0.4) is 0 Å². The second-order valence-electron chi connectivity index (χ2n) is 6.63. The summed E-state index contributed by atoms with van der Waals surface area (Å²) in [5, 5.41) is 3.40. The van der Waals surface area contributed by atoms with Crippen molar-refractivity contribution < 1.29 is 19.1 Å². The van der Waals surface area contributed by atoms with E-state index in [9.17, 15) is 9.59 Å². The van der Waals surface area contributed by atoms with Crippen LogP contribution in [0, 0.1) is 0 Å². The van der Waals surface area contributed by atoms with E-state index in [1.807, 2.05) is 35.2 Å². The number of halogens is 1. The third-order valence-electron chi connectivity index (χ3n) is 4.91. The van der Waals surface area contributed by atoms with E-state index >= 15 is 0 Å². The number of methoxy groups -OCH3 is 2. The van der Waals surface area contributed by atoms with Crippen molar-refractivity contribution in [1.82, 2.24) is 9.80 Å². The summed E-state index contributed by atoms with van der Waals surface area (Å²) in [5.74, 6) is 0.306. The topological polar surface area (TPSA) is 71.1 Å². The van der Waals surface area contributed by atoms with Crippen LogP contribution in [-0.2, 0) is 9.53 Å². The minimum atomic E-state index is -0.600. The van der Waals surface area contributed by atoms with Crippen LogP contribution in [0.4, 0.5) is 10.5 Å². The van der Waals surface area contributed by atoms with Crippen LogP contribution in [0.15, 0.2) is 48.5 Å². The van der Waals surface area contributed by atoms with Crippen molar-refractivity contribution in [1.29, 1.82) is 0 Å². The molecule has 2 amide bonds. The van der Waals surface area contributed by atoms with Gasteiger partial charge in [-0.3, -0.25) is 4.90 Å². The van der Waals surface area contributed by atoms with Gasteiger partial charge in [0, 0.05) is 43.0 Å². The summed E-state index contributed by atoms with van der Waals surface area (Å²) in [4.78, 5) is 28.8. The van der Waals surface area contributed by atoms with Gasteiger partial charge in [-0.2, -0.15) is 0 Å². The van der Waals surface area contributed by atoms with E-state index in [1.54, 1.807) is 30.2 Å². The first kappa shape index (κ1) is 21.0. The molecule has 8 heteroatoms. The first-order chi connectivity index (χ1) is 14.0. The zero-order valence-corrected chi connectivity index (χ0v) is 17.2. The number of ether oxygens (including phenoxy) is 2. The van der Waals surface area contributed by atoms with Crippen LogP contribution >= 0.6 is 11.6 Å². The van der Waals surface area contributed by atoms with Crippen molar-refractivity contribution in [2.75, 3.05) is 45.7 Å².